The van der Waals surface area contributed by atoms with Crippen LogP contribution >= 0.6 is 70.6 Å². The topological polar surface area (TPSA) is 221 Å². The highest BCUT2D eigenvalue weighted by Crippen LogP contribution is 2.29. The number of thioether (sulfide) groups is 6. The molecule has 3 fully saturated rings. The molecule has 0 aromatic heterocycles. The van der Waals surface area contributed by atoms with Gasteiger partial charge < -0.3 is 52.1 Å². The summed E-state index contributed by atoms with van der Waals surface area (Å²) < 4.78 is 60.6. The van der Waals surface area contributed by atoms with Crippen LogP contribution in [0.3, 0.4) is 0 Å². The van der Waals surface area contributed by atoms with Crippen LogP contribution in [0.2, 0.25) is 0 Å². The van der Waals surface area contributed by atoms with E-state index in [2.05, 4.69) is 72.4 Å². The molecule has 3 aliphatic heterocycles. The first-order valence-corrected chi connectivity index (χ1v) is 35.7. The first kappa shape index (κ1) is 77.6. The minimum atomic E-state index is -0.957. The van der Waals surface area contributed by atoms with Crippen LogP contribution in [-0.4, -0.2) is 182 Å². The summed E-state index contributed by atoms with van der Waals surface area (Å²) >= 11 is 9.67. The molecule has 0 N–H and O–H groups in total. The second-order valence-corrected chi connectivity index (χ2v) is 27.1. The zero-order valence-corrected chi connectivity index (χ0v) is 57.7. The molecule has 92 heavy (non-hydrogen) atoms. The Labute approximate surface area is 565 Å². The van der Waals surface area contributed by atoms with E-state index in [1.807, 2.05) is 0 Å². The van der Waals surface area contributed by atoms with Gasteiger partial charge >= 0.3 is 41.8 Å². The van der Waals surface area contributed by atoms with Crippen LogP contribution in [0, 0.1) is 0 Å². The number of carbonyl (C=O) groups is 7. The maximum absolute atomic E-state index is 13.9. The average molecular weight is 1380 g/mol. The van der Waals surface area contributed by atoms with Crippen LogP contribution in [0.1, 0.15) is 100 Å². The van der Waals surface area contributed by atoms with Crippen molar-refractivity contribution in [3.8, 4) is 0 Å². The lowest BCUT2D eigenvalue weighted by Crippen LogP contribution is -2.29. The summed E-state index contributed by atoms with van der Waals surface area (Å²) in [6.45, 7) is 48.2. The third-order valence-corrected chi connectivity index (χ3v) is 19.8. The van der Waals surface area contributed by atoms with Crippen LogP contribution in [0.5, 0.6) is 0 Å². The van der Waals surface area contributed by atoms with Gasteiger partial charge in [-0.15, -0.1) is 0 Å². The van der Waals surface area contributed by atoms with E-state index in [4.69, 9.17) is 52.1 Å². The second-order valence-electron chi connectivity index (χ2n) is 20.9. The van der Waals surface area contributed by atoms with Gasteiger partial charge in [-0.25, -0.2) is 33.6 Å². The molecule has 3 heterocycles. The smallest absolute Gasteiger partial charge is 0.339 e. The summed E-state index contributed by atoms with van der Waals surface area (Å²) in [6.07, 6.45) is -1.28. The van der Waals surface area contributed by atoms with Crippen LogP contribution in [0.15, 0.2) is 165 Å². The minimum absolute atomic E-state index is 0.0341. The van der Waals surface area contributed by atoms with E-state index in [1.54, 1.807) is 98.3 Å². The molecule has 0 bridgehead atoms. The highest BCUT2D eigenvalue weighted by atomic mass is 32.2. The maximum Gasteiger partial charge on any atom is 0.339 e. The lowest BCUT2D eigenvalue weighted by Gasteiger charge is -2.23. The molecule has 0 radical (unpaired) electrons. The monoisotopic (exact) mass is 1380 g/mol. The highest BCUT2D eigenvalue weighted by Gasteiger charge is 2.32. The van der Waals surface area contributed by atoms with E-state index in [1.165, 1.54) is 18.2 Å². The fourth-order valence-electron chi connectivity index (χ4n) is 7.42. The summed E-state index contributed by atoms with van der Waals surface area (Å²) in [5.41, 5.74) is 4.61. The number of esters is 7. The largest absolute Gasteiger partial charge is 0.490 e. The van der Waals surface area contributed by atoms with Gasteiger partial charge in [-0.2, -0.15) is 70.6 Å². The fourth-order valence-corrected chi connectivity index (χ4v) is 14.0. The predicted octanol–water partition coefficient (Wildman–Crippen LogP) is 13.1. The Morgan fingerprint density at radius 2 is 0.554 bits per heavy atom. The second kappa shape index (κ2) is 41.0. The molecule has 0 atom stereocenters. The van der Waals surface area contributed by atoms with Gasteiger partial charge in [-0.05, 0) is 80.3 Å². The van der Waals surface area contributed by atoms with Crippen molar-refractivity contribution in [2.75, 3.05) is 122 Å². The maximum atomic E-state index is 13.9. The van der Waals surface area contributed by atoms with Crippen molar-refractivity contribution in [3.05, 3.63) is 204 Å². The Hall–Kier alpha value is -6.83. The molecular weight excluding hydrogens is 1300 g/mol. The van der Waals surface area contributed by atoms with Crippen molar-refractivity contribution >= 4 is 112 Å². The normalized spacial score (nSPS) is 14.9. The number of carbonyl (C=O) groups excluding carboxylic acids is 7. The first-order valence-electron chi connectivity index (χ1n) is 28.8. The highest BCUT2D eigenvalue weighted by molar-refractivity contribution is 8.02. The predicted molar refractivity (Wildman–Crippen MR) is 373 cm³/mol. The molecule has 18 nitrogen and oxygen atoms in total. The van der Waals surface area contributed by atoms with E-state index in [-0.39, 0.29) is 97.9 Å². The standard InChI is InChI=1S/C38H46O10S4.C30H36O8S2/c1-23(2)27(7)43-9-11-45-35(39)31-13-33(37(41)47-29-19-49-15-25(5)16-50-20-29)34(38(42)48-30-21-51-17-26(6)18-52-22-30)14-32(31)36(40)46-12-10-44-28(8)24(3)4;1-19(2)22(6)34-10-12-36-29(32)26-9-8-24(28(31)38-25-17-39-15-21(5)16-40-18-25)14-27(26)30(33)37-13-11-35-23(7)20(3)4/h13-14,29-30H,1,3,5-12,15-22H2,2,4H3;8-9,14,25H,1,3,5-7,10-13,15-18H2,2,4H3. The molecule has 0 saturated carbocycles. The fraction of sp³-hybridized carbons (Fsp3) is 0.397. The van der Waals surface area contributed by atoms with Gasteiger partial charge in [-0.3, -0.25) is 0 Å². The van der Waals surface area contributed by atoms with Crippen molar-refractivity contribution in [1.82, 2.24) is 0 Å². The molecule has 0 spiro atoms. The van der Waals surface area contributed by atoms with Crippen molar-refractivity contribution < 1.29 is 85.7 Å². The summed E-state index contributed by atoms with van der Waals surface area (Å²) in [4.78, 5) is 93.7. The lowest BCUT2D eigenvalue weighted by molar-refractivity contribution is 0.0335. The van der Waals surface area contributed by atoms with Crippen LogP contribution in [0.25, 0.3) is 0 Å². The summed E-state index contributed by atoms with van der Waals surface area (Å²) in [5.74, 6) is 3.40. The van der Waals surface area contributed by atoms with Gasteiger partial charge in [0.15, 0.2) is 0 Å². The minimum Gasteiger partial charge on any atom is -0.490 e. The summed E-state index contributed by atoms with van der Waals surface area (Å²) in [7, 11) is 0. The SMILES string of the molecule is C=C1CSCC(OC(=O)c2cc(C(=O)OCCOC(=C)C(=C)C)c(C(=O)OCCOC(=C)C(=C)C)cc2C(=O)OC2CSCC(=C)CSC2)CSC1.C=C1CSCC(OC(=O)c2ccc(C(=O)OCCOC(=C)C(=C)C)c(C(=O)OCCOC(=C)C(=C)C)c2)CSC1. The molecule has 2 aromatic rings. The van der Waals surface area contributed by atoms with Crippen LogP contribution < -0.4 is 0 Å². The van der Waals surface area contributed by atoms with Gasteiger partial charge in [0.25, 0.3) is 0 Å². The van der Waals surface area contributed by atoms with E-state index < -0.39 is 54.0 Å². The zero-order valence-electron chi connectivity index (χ0n) is 52.8. The Morgan fingerprint density at radius 3 is 0.826 bits per heavy atom. The third-order valence-electron chi connectivity index (χ3n) is 12.5. The molecule has 3 aliphatic rings. The quantitative estimate of drug-likeness (QED) is 0.0177. The number of rotatable bonds is 30. The van der Waals surface area contributed by atoms with Gasteiger partial charge in [0.1, 0.15) is 94.2 Å². The number of hydrogen-bond donors (Lipinski definition) is 0. The Kier molecular flexibility index (Phi) is 34.6. The van der Waals surface area contributed by atoms with E-state index in [0.717, 1.165) is 63.4 Å². The molecule has 498 valence electrons. The van der Waals surface area contributed by atoms with Crippen molar-refractivity contribution in [2.24, 2.45) is 0 Å². The molecule has 0 unspecified atom stereocenters. The third kappa shape index (κ3) is 27.8. The number of benzene rings is 2. The van der Waals surface area contributed by atoms with Gasteiger partial charge in [0.05, 0.1) is 38.9 Å². The van der Waals surface area contributed by atoms with Crippen molar-refractivity contribution in [1.29, 1.82) is 0 Å². The van der Waals surface area contributed by atoms with E-state index in [0.29, 0.717) is 79.8 Å². The van der Waals surface area contributed by atoms with Crippen LogP contribution in [0.4, 0.5) is 0 Å². The van der Waals surface area contributed by atoms with Gasteiger partial charge in [0, 0.05) is 69.0 Å². The molecule has 24 heteroatoms. The molecule has 0 amide bonds. The first-order chi connectivity index (χ1) is 43.7. The van der Waals surface area contributed by atoms with Gasteiger partial charge in [0.2, 0.25) is 0 Å². The average Bonchev–Trinajstić information content (AvgIpc) is 0.945. The molecule has 3 saturated heterocycles. The lowest BCUT2D eigenvalue weighted by atomic mass is 9.97. The molecule has 5 rings (SSSR count). The van der Waals surface area contributed by atoms with Crippen molar-refractivity contribution in [2.45, 2.75) is 46.0 Å². The Morgan fingerprint density at radius 1 is 0.326 bits per heavy atom. The number of allylic oxidation sites excluding steroid dienone is 4. The van der Waals surface area contributed by atoms with E-state index in [9.17, 15) is 33.6 Å². The Balaban J connectivity index is 0.000000406. The molecule has 2 aromatic carbocycles. The van der Waals surface area contributed by atoms with E-state index >= 15 is 0 Å². The van der Waals surface area contributed by atoms with Crippen molar-refractivity contribution in [3.63, 3.8) is 0 Å². The van der Waals surface area contributed by atoms with Gasteiger partial charge in [-0.1, -0.05) is 89.1 Å². The zero-order chi connectivity index (χ0) is 67.9. The summed E-state index contributed by atoms with van der Waals surface area (Å²) in [5, 5.41) is 0. The van der Waals surface area contributed by atoms with Crippen LogP contribution in [-0.2, 0) is 52.1 Å². The molecular formula is C68H82O18S6. The number of ether oxygens (including phenoxy) is 11. The Bertz CT molecular complexity index is 3010. The summed E-state index contributed by atoms with van der Waals surface area (Å²) in [6, 6.07) is 6.29. The number of hydrogen-bond acceptors (Lipinski definition) is 24. The molecule has 0 aliphatic carbocycles.